The SMILES string of the molecule is NC(=O)c1ccc(CN2CCCCC2CO)cc1. The van der Waals surface area contributed by atoms with Gasteiger partial charge in [-0.2, -0.15) is 0 Å². The molecule has 1 unspecified atom stereocenters. The lowest BCUT2D eigenvalue weighted by molar-refractivity contribution is 0.0841. The Bertz CT molecular complexity index is 403. The molecule has 0 aliphatic carbocycles. The van der Waals surface area contributed by atoms with Crippen molar-refractivity contribution in [3.8, 4) is 0 Å². The molecule has 0 bridgehead atoms. The van der Waals surface area contributed by atoms with Gasteiger partial charge < -0.3 is 10.8 Å². The maximum atomic E-state index is 11.0. The number of hydrogen-bond acceptors (Lipinski definition) is 3. The summed E-state index contributed by atoms with van der Waals surface area (Å²) in [5.41, 5.74) is 6.90. The first-order valence-corrected chi connectivity index (χ1v) is 6.44. The minimum absolute atomic E-state index is 0.222. The van der Waals surface area contributed by atoms with Gasteiger partial charge in [0.1, 0.15) is 0 Å². The number of nitrogens with zero attached hydrogens (tertiary/aromatic N) is 1. The van der Waals surface area contributed by atoms with Crippen molar-refractivity contribution in [2.75, 3.05) is 13.2 Å². The van der Waals surface area contributed by atoms with E-state index < -0.39 is 5.91 Å². The molecule has 98 valence electrons. The van der Waals surface area contributed by atoms with Crippen molar-refractivity contribution in [2.24, 2.45) is 5.73 Å². The highest BCUT2D eigenvalue weighted by molar-refractivity contribution is 5.92. The Hall–Kier alpha value is -1.39. The van der Waals surface area contributed by atoms with Gasteiger partial charge in [0.2, 0.25) is 5.91 Å². The highest BCUT2D eigenvalue weighted by Gasteiger charge is 2.21. The van der Waals surface area contributed by atoms with Crippen LogP contribution in [0.1, 0.15) is 35.2 Å². The number of primary amides is 1. The Kier molecular flexibility index (Phi) is 4.33. The number of carbonyl (C=O) groups excluding carboxylic acids is 1. The largest absolute Gasteiger partial charge is 0.395 e. The molecule has 1 aromatic rings. The van der Waals surface area contributed by atoms with E-state index in [2.05, 4.69) is 4.90 Å². The number of rotatable bonds is 4. The molecule has 0 saturated carbocycles. The molecule has 1 amide bonds. The molecule has 1 aliphatic rings. The molecule has 4 nitrogen and oxygen atoms in total. The van der Waals surface area contributed by atoms with Crippen molar-refractivity contribution in [3.05, 3.63) is 35.4 Å². The van der Waals surface area contributed by atoms with Gasteiger partial charge in [0.25, 0.3) is 0 Å². The zero-order chi connectivity index (χ0) is 13.0. The molecule has 0 spiro atoms. The minimum atomic E-state index is -0.396. The van der Waals surface area contributed by atoms with Crippen LogP contribution in [0.25, 0.3) is 0 Å². The first kappa shape index (κ1) is 13.1. The van der Waals surface area contributed by atoms with Crippen LogP contribution in [0, 0.1) is 0 Å². The van der Waals surface area contributed by atoms with Crippen LogP contribution in [0.5, 0.6) is 0 Å². The van der Waals surface area contributed by atoms with E-state index in [1.807, 2.05) is 12.1 Å². The molecule has 0 radical (unpaired) electrons. The van der Waals surface area contributed by atoms with Crippen LogP contribution in [-0.4, -0.2) is 35.1 Å². The lowest BCUT2D eigenvalue weighted by atomic mass is 10.0. The Labute approximate surface area is 107 Å². The second-order valence-corrected chi connectivity index (χ2v) is 4.86. The average molecular weight is 248 g/mol. The molecule has 2 rings (SSSR count). The summed E-state index contributed by atoms with van der Waals surface area (Å²) in [6.07, 6.45) is 3.45. The van der Waals surface area contributed by atoms with Crippen molar-refractivity contribution in [2.45, 2.75) is 31.8 Å². The Balaban J connectivity index is 2.01. The van der Waals surface area contributed by atoms with E-state index in [9.17, 15) is 9.90 Å². The van der Waals surface area contributed by atoms with Crippen LogP contribution in [0.4, 0.5) is 0 Å². The van der Waals surface area contributed by atoms with Gasteiger partial charge in [0.05, 0.1) is 6.61 Å². The molecule has 0 aromatic heterocycles. The third-order valence-corrected chi connectivity index (χ3v) is 3.58. The quantitative estimate of drug-likeness (QED) is 0.839. The first-order chi connectivity index (χ1) is 8.70. The summed E-state index contributed by atoms with van der Waals surface area (Å²) >= 11 is 0. The number of piperidine rings is 1. The predicted octanol–water partition coefficient (Wildman–Crippen LogP) is 1.13. The molecule has 1 aliphatic heterocycles. The second-order valence-electron chi connectivity index (χ2n) is 4.86. The Morgan fingerprint density at radius 1 is 1.33 bits per heavy atom. The summed E-state index contributed by atoms with van der Waals surface area (Å²) in [5.74, 6) is -0.396. The number of benzene rings is 1. The minimum Gasteiger partial charge on any atom is -0.395 e. The van der Waals surface area contributed by atoms with Gasteiger partial charge in [-0.25, -0.2) is 0 Å². The fraction of sp³-hybridized carbons (Fsp3) is 0.500. The zero-order valence-corrected chi connectivity index (χ0v) is 10.5. The van der Waals surface area contributed by atoms with Gasteiger partial charge in [-0.3, -0.25) is 9.69 Å². The summed E-state index contributed by atoms with van der Waals surface area (Å²) in [4.78, 5) is 13.3. The maximum absolute atomic E-state index is 11.0. The lowest BCUT2D eigenvalue weighted by Crippen LogP contribution is -2.41. The van der Waals surface area contributed by atoms with Gasteiger partial charge >= 0.3 is 0 Å². The molecule has 1 aromatic carbocycles. The normalized spacial score (nSPS) is 20.8. The molecular formula is C14H20N2O2. The summed E-state index contributed by atoms with van der Waals surface area (Å²) in [5, 5.41) is 9.35. The third kappa shape index (κ3) is 3.09. The summed E-state index contributed by atoms with van der Waals surface area (Å²) < 4.78 is 0. The van der Waals surface area contributed by atoms with E-state index in [1.165, 1.54) is 12.8 Å². The average Bonchev–Trinajstić information content (AvgIpc) is 2.40. The number of likely N-dealkylation sites (tertiary alicyclic amines) is 1. The number of aliphatic hydroxyl groups excluding tert-OH is 1. The van der Waals surface area contributed by atoms with E-state index in [0.717, 1.165) is 25.1 Å². The second kappa shape index (κ2) is 5.98. The van der Waals surface area contributed by atoms with Crippen molar-refractivity contribution < 1.29 is 9.90 Å². The molecular weight excluding hydrogens is 228 g/mol. The van der Waals surface area contributed by atoms with Crippen molar-refractivity contribution in [3.63, 3.8) is 0 Å². The number of aliphatic hydroxyl groups is 1. The molecule has 3 N–H and O–H groups in total. The summed E-state index contributed by atoms with van der Waals surface area (Å²) in [6.45, 7) is 2.08. The van der Waals surface area contributed by atoms with Crippen LogP contribution in [-0.2, 0) is 6.54 Å². The topological polar surface area (TPSA) is 66.6 Å². The van der Waals surface area contributed by atoms with Gasteiger partial charge in [-0.15, -0.1) is 0 Å². The van der Waals surface area contributed by atoms with Crippen molar-refractivity contribution in [1.82, 2.24) is 4.90 Å². The maximum Gasteiger partial charge on any atom is 0.248 e. The van der Waals surface area contributed by atoms with Gasteiger partial charge in [-0.05, 0) is 37.1 Å². The van der Waals surface area contributed by atoms with E-state index in [1.54, 1.807) is 12.1 Å². The van der Waals surface area contributed by atoms with Gasteiger partial charge in [-0.1, -0.05) is 18.6 Å². The van der Waals surface area contributed by atoms with Crippen LogP contribution >= 0.6 is 0 Å². The third-order valence-electron chi connectivity index (χ3n) is 3.58. The molecule has 1 heterocycles. The first-order valence-electron chi connectivity index (χ1n) is 6.44. The van der Waals surface area contributed by atoms with Crippen molar-refractivity contribution >= 4 is 5.91 Å². The monoisotopic (exact) mass is 248 g/mol. The smallest absolute Gasteiger partial charge is 0.248 e. The van der Waals surface area contributed by atoms with E-state index in [4.69, 9.17) is 5.73 Å². The highest BCUT2D eigenvalue weighted by atomic mass is 16.3. The van der Waals surface area contributed by atoms with Crippen LogP contribution in [0.3, 0.4) is 0 Å². The lowest BCUT2D eigenvalue weighted by Gasteiger charge is -2.34. The molecule has 1 saturated heterocycles. The predicted molar refractivity (Wildman–Crippen MR) is 70.1 cm³/mol. The Morgan fingerprint density at radius 2 is 2.06 bits per heavy atom. The summed E-state index contributed by atoms with van der Waals surface area (Å²) in [6, 6.07) is 7.66. The standard InChI is InChI=1S/C14H20N2O2/c15-14(18)12-6-4-11(5-7-12)9-16-8-2-1-3-13(16)10-17/h4-7,13,17H,1-3,8-10H2,(H2,15,18). The van der Waals surface area contributed by atoms with Gasteiger partial charge in [0, 0.05) is 18.2 Å². The molecule has 1 fully saturated rings. The van der Waals surface area contributed by atoms with E-state index in [-0.39, 0.29) is 12.6 Å². The van der Waals surface area contributed by atoms with Crippen LogP contribution in [0.2, 0.25) is 0 Å². The number of amides is 1. The molecule has 1 atom stereocenters. The van der Waals surface area contributed by atoms with Crippen molar-refractivity contribution in [1.29, 1.82) is 0 Å². The van der Waals surface area contributed by atoms with E-state index in [0.29, 0.717) is 5.56 Å². The summed E-state index contributed by atoms with van der Waals surface area (Å²) in [7, 11) is 0. The number of nitrogens with two attached hydrogens (primary N) is 1. The van der Waals surface area contributed by atoms with Crippen LogP contribution in [0.15, 0.2) is 24.3 Å². The highest BCUT2D eigenvalue weighted by Crippen LogP contribution is 2.19. The van der Waals surface area contributed by atoms with Gasteiger partial charge in [0.15, 0.2) is 0 Å². The molecule has 18 heavy (non-hydrogen) atoms. The van der Waals surface area contributed by atoms with E-state index >= 15 is 0 Å². The fourth-order valence-corrected chi connectivity index (χ4v) is 2.48. The molecule has 4 heteroatoms. The number of carbonyl (C=O) groups is 1. The van der Waals surface area contributed by atoms with Crippen LogP contribution < -0.4 is 5.73 Å². The number of hydrogen-bond donors (Lipinski definition) is 2. The zero-order valence-electron chi connectivity index (χ0n) is 10.5. The Morgan fingerprint density at radius 3 is 2.67 bits per heavy atom. The fourth-order valence-electron chi connectivity index (χ4n) is 2.48.